The second kappa shape index (κ2) is 8.61. The van der Waals surface area contributed by atoms with Gasteiger partial charge in [-0.3, -0.25) is 14.5 Å². The number of anilines is 1. The number of nitrogens with zero attached hydrogens (tertiary/aromatic N) is 1. The smallest absolute Gasteiger partial charge is 0.251 e. The number of benzene rings is 2. The highest BCUT2D eigenvalue weighted by Gasteiger charge is 2.08. The van der Waals surface area contributed by atoms with Crippen molar-refractivity contribution in [2.75, 3.05) is 26.0 Å². The Labute approximate surface area is 150 Å². The molecule has 0 atom stereocenters. The van der Waals surface area contributed by atoms with Gasteiger partial charge in [-0.15, -0.1) is 0 Å². The van der Waals surface area contributed by atoms with Crippen LogP contribution in [0.2, 0.25) is 0 Å². The van der Waals surface area contributed by atoms with Crippen molar-refractivity contribution in [3.05, 3.63) is 64.1 Å². The number of hydrogen-bond donors (Lipinski definition) is 2. The molecule has 0 saturated carbocycles. The molecule has 0 heterocycles. The second-order valence-electron chi connectivity index (χ2n) is 5.50. The van der Waals surface area contributed by atoms with Gasteiger partial charge in [-0.1, -0.05) is 28.1 Å². The Morgan fingerprint density at radius 1 is 1.04 bits per heavy atom. The molecular formula is C18H20BrN3O2. The molecule has 126 valence electrons. The maximum Gasteiger partial charge on any atom is 0.251 e. The minimum absolute atomic E-state index is 0.0951. The minimum atomic E-state index is -0.151. The molecule has 0 aliphatic heterocycles. The number of carbonyl (C=O) groups is 2. The highest BCUT2D eigenvalue weighted by atomic mass is 79.9. The van der Waals surface area contributed by atoms with E-state index in [2.05, 4.69) is 26.6 Å². The number of rotatable bonds is 6. The molecular weight excluding hydrogens is 370 g/mol. The first-order valence-electron chi connectivity index (χ1n) is 7.53. The second-order valence-corrected chi connectivity index (χ2v) is 6.42. The van der Waals surface area contributed by atoms with Crippen molar-refractivity contribution in [1.29, 1.82) is 0 Å². The van der Waals surface area contributed by atoms with Crippen molar-refractivity contribution in [2.24, 2.45) is 0 Å². The first-order chi connectivity index (χ1) is 11.5. The molecule has 0 aliphatic carbocycles. The highest BCUT2D eigenvalue weighted by molar-refractivity contribution is 9.10. The Bertz CT molecular complexity index is 699. The van der Waals surface area contributed by atoms with Gasteiger partial charge in [-0.25, -0.2) is 0 Å². The van der Waals surface area contributed by atoms with Gasteiger partial charge in [-0.05, 0) is 49.0 Å². The van der Waals surface area contributed by atoms with Crippen LogP contribution in [0.5, 0.6) is 0 Å². The van der Waals surface area contributed by atoms with E-state index >= 15 is 0 Å². The molecule has 0 spiro atoms. The number of amides is 2. The zero-order valence-electron chi connectivity index (χ0n) is 13.7. The maximum atomic E-state index is 12.1. The molecule has 6 heteroatoms. The molecule has 2 rings (SSSR count). The predicted octanol–water partition coefficient (Wildman–Crippen LogP) is 2.88. The summed E-state index contributed by atoms with van der Waals surface area (Å²) in [6.07, 6.45) is 0. The minimum Gasteiger partial charge on any atom is -0.355 e. The fraction of sp³-hybridized carbons (Fsp3) is 0.222. The lowest BCUT2D eigenvalue weighted by Gasteiger charge is -2.16. The van der Waals surface area contributed by atoms with Gasteiger partial charge < -0.3 is 10.6 Å². The molecule has 2 N–H and O–H groups in total. The zero-order valence-corrected chi connectivity index (χ0v) is 15.3. The van der Waals surface area contributed by atoms with Crippen LogP contribution < -0.4 is 10.6 Å². The van der Waals surface area contributed by atoms with Crippen LogP contribution in [0.3, 0.4) is 0 Å². The van der Waals surface area contributed by atoms with Crippen LogP contribution in [0.25, 0.3) is 0 Å². The molecule has 2 amide bonds. The molecule has 0 aliphatic rings. The van der Waals surface area contributed by atoms with Crippen LogP contribution in [0.15, 0.2) is 53.0 Å². The summed E-state index contributed by atoms with van der Waals surface area (Å²) < 4.78 is 1.03. The summed E-state index contributed by atoms with van der Waals surface area (Å²) in [5, 5.41) is 5.39. The van der Waals surface area contributed by atoms with Crippen molar-refractivity contribution >= 4 is 33.4 Å². The summed E-state index contributed by atoms with van der Waals surface area (Å²) >= 11 is 3.40. The lowest BCUT2D eigenvalue weighted by atomic mass is 10.2. The summed E-state index contributed by atoms with van der Waals surface area (Å²) in [5.74, 6) is -0.246. The third-order valence-electron chi connectivity index (χ3n) is 3.44. The number of halogens is 1. The fourth-order valence-electron chi connectivity index (χ4n) is 2.25. The first kappa shape index (κ1) is 18.2. The van der Waals surface area contributed by atoms with E-state index < -0.39 is 0 Å². The SMILES string of the molecule is CNC(=O)c1ccc(NC(=O)CN(C)Cc2ccc(Br)cc2)cc1. The zero-order chi connectivity index (χ0) is 17.5. The number of carbonyl (C=O) groups excluding carboxylic acids is 2. The fourth-order valence-corrected chi connectivity index (χ4v) is 2.52. The van der Waals surface area contributed by atoms with Crippen molar-refractivity contribution < 1.29 is 9.59 Å². The lowest BCUT2D eigenvalue weighted by molar-refractivity contribution is -0.117. The van der Waals surface area contributed by atoms with Gasteiger partial charge in [0.05, 0.1) is 6.54 Å². The normalized spacial score (nSPS) is 10.5. The molecule has 24 heavy (non-hydrogen) atoms. The molecule has 2 aromatic rings. The van der Waals surface area contributed by atoms with Crippen molar-refractivity contribution in [3.8, 4) is 0 Å². The molecule has 5 nitrogen and oxygen atoms in total. The Kier molecular flexibility index (Phi) is 6.52. The van der Waals surface area contributed by atoms with Crippen molar-refractivity contribution in [2.45, 2.75) is 6.54 Å². The number of likely N-dealkylation sites (N-methyl/N-ethyl adjacent to an activating group) is 1. The maximum absolute atomic E-state index is 12.1. The number of nitrogens with one attached hydrogen (secondary N) is 2. The van der Waals surface area contributed by atoms with Gasteiger partial charge in [0, 0.05) is 29.3 Å². The lowest BCUT2D eigenvalue weighted by Crippen LogP contribution is -2.29. The van der Waals surface area contributed by atoms with E-state index in [-0.39, 0.29) is 18.4 Å². The standard InChI is InChI=1S/C18H20BrN3O2/c1-20-18(24)14-5-9-16(10-6-14)21-17(23)12-22(2)11-13-3-7-15(19)8-4-13/h3-10H,11-12H2,1-2H3,(H,20,24)(H,21,23). The molecule has 0 aromatic heterocycles. The summed E-state index contributed by atoms with van der Waals surface area (Å²) in [6, 6.07) is 14.8. The van der Waals surface area contributed by atoms with Gasteiger partial charge in [0.2, 0.25) is 5.91 Å². The van der Waals surface area contributed by atoms with Gasteiger partial charge in [-0.2, -0.15) is 0 Å². The van der Waals surface area contributed by atoms with E-state index in [1.165, 1.54) is 0 Å². The third-order valence-corrected chi connectivity index (χ3v) is 3.97. The van der Waals surface area contributed by atoms with Crippen molar-refractivity contribution in [3.63, 3.8) is 0 Å². The Balaban J connectivity index is 1.85. The van der Waals surface area contributed by atoms with E-state index in [9.17, 15) is 9.59 Å². The third kappa shape index (κ3) is 5.47. The van der Waals surface area contributed by atoms with Crippen molar-refractivity contribution in [1.82, 2.24) is 10.2 Å². The summed E-state index contributed by atoms with van der Waals surface area (Å²) in [6.45, 7) is 0.976. The van der Waals surface area contributed by atoms with E-state index in [0.29, 0.717) is 17.8 Å². The van der Waals surface area contributed by atoms with Gasteiger partial charge in [0.25, 0.3) is 5.91 Å². The Morgan fingerprint density at radius 2 is 1.67 bits per heavy atom. The number of hydrogen-bond acceptors (Lipinski definition) is 3. The van der Waals surface area contributed by atoms with E-state index in [1.807, 2.05) is 36.2 Å². The summed E-state index contributed by atoms with van der Waals surface area (Å²) in [4.78, 5) is 25.5. The van der Waals surface area contributed by atoms with Gasteiger partial charge in [0.1, 0.15) is 0 Å². The topological polar surface area (TPSA) is 61.4 Å². The van der Waals surface area contributed by atoms with E-state index in [4.69, 9.17) is 0 Å². The quantitative estimate of drug-likeness (QED) is 0.798. The molecule has 2 aromatic carbocycles. The molecule has 0 unspecified atom stereocenters. The van der Waals surface area contributed by atoms with Crippen LogP contribution in [0, 0.1) is 0 Å². The van der Waals surface area contributed by atoms with Crippen LogP contribution in [-0.2, 0) is 11.3 Å². The first-order valence-corrected chi connectivity index (χ1v) is 8.32. The van der Waals surface area contributed by atoms with Gasteiger partial charge >= 0.3 is 0 Å². The monoisotopic (exact) mass is 389 g/mol. The van der Waals surface area contributed by atoms with Crippen LogP contribution in [-0.4, -0.2) is 37.4 Å². The van der Waals surface area contributed by atoms with E-state index in [1.54, 1.807) is 31.3 Å². The Hall–Kier alpha value is -2.18. The van der Waals surface area contributed by atoms with E-state index in [0.717, 1.165) is 10.0 Å². The van der Waals surface area contributed by atoms with Gasteiger partial charge in [0.15, 0.2) is 0 Å². The highest BCUT2D eigenvalue weighted by Crippen LogP contribution is 2.12. The van der Waals surface area contributed by atoms with Crippen LogP contribution in [0.4, 0.5) is 5.69 Å². The molecule has 0 saturated heterocycles. The molecule has 0 radical (unpaired) electrons. The largest absolute Gasteiger partial charge is 0.355 e. The average molecular weight is 390 g/mol. The summed E-state index contributed by atoms with van der Waals surface area (Å²) in [7, 11) is 3.48. The predicted molar refractivity (Wildman–Crippen MR) is 98.9 cm³/mol. The average Bonchev–Trinajstić information content (AvgIpc) is 2.56. The summed E-state index contributed by atoms with van der Waals surface area (Å²) in [5.41, 5.74) is 2.37. The molecule has 0 bridgehead atoms. The van der Waals surface area contributed by atoms with Crippen LogP contribution >= 0.6 is 15.9 Å². The Morgan fingerprint density at radius 3 is 2.25 bits per heavy atom. The molecule has 0 fully saturated rings. The van der Waals surface area contributed by atoms with Crippen LogP contribution in [0.1, 0.15) is 15.9 Å².